The average Bonchev–Trinajstić information content (AvgIpc) is 2.71. The Hall–Kier alpha value is -2.95. The fraction of sp³-hybridized carbons (Fsp3) is 0.412. The Morgan fingerprint density at radius 3 is 2.21 bits per heavy atom. The monoisotopic (exact) mass is 324 g/mol. The van der Waals surface area contributed by atoms with Gasteiger partial charge in [0.25, 0.3) is 0 Å². The minimum Gasteiger partial charge on any atom is -0.448 e. The smallest absolute Gasteiger partial charge is 0.214 e. The molecular weight excluding hydrogens is 311 g/mol. The third-order valence-corrected chi connectivity index (χ3v) is 5.17. The van der Waals surface area contributed by atoms with E-state index in [4.69, 9.17) is 14.9 Å². The topological polar surface area (TPSA) is 114 Å². The molecule has 24 heavy (non-hydrogen) atoms. The summed E-state index contributed by atoms with van der Waals surface area (Å²) in [7, 11) is 0. The molecule has 120 valence electrons. The number of fused-ring (bicyclic) bond motifs is 2. The summed E-state index contributed by atoms with van der Waals surface area (Å²) in [6.07, 6.45) is -1.16. The quantitative estimate of drug-likeness (QED) is 0.853. The summed E-state index contributed by atoms with van der Waals surface area (Å²) in [5.41, 5.74) is -3.40. The van der Waals surface area contributed by atoms with Crippen LogP contribution in [-0.4, -0.2) is 11.7 Å². The molecule has 0 unspecified atom stereocenters. The highest BCUT2D eigenvalue weighted by Gasteiger charge is 2.78. The Bertz CT molecular complexity index is 833. The molecule has 2 fully saturated rings. The molecule has 0 spiro atoms. The number of halogens is 1. The average molecular weight is 324 g/mol. The number of nitrogens with zero attached hydrogens (tertiary/aromatic N) is 3. The van der Waals surface area contributed by atoms with E-state index in [1.54, 1.807) is 13.8 Å². The molecule has 2 bridgehead atoms. The summed E-state index contributed by atoms with van der Waals surface area (Å²) < 4.78 is 24.6. The zero-order valence-corrected chi connectivity index (χ0v) is 13.0. The summed E-state index contributed by atoms with van der Waals surface area (Å²) in [5.74, 6) is -2.97. The predicted octanol–water partition coefficient (Wildman–Crippen LogP) is 2.80. The van der Waals surface area contributed by atoms with Crippen LogP contribution in [0, 0.1) is 62.0 Å². The molecule has 0 saturated carbocycles. The van der Waals surface area contributed by atoms with Gasteiger partial charge in [0.15, 0.2) is 5.41 Å². The first-order chi connectivity index (χ1) is 11.3. The van der Waals surface area contributed by atoms with Gasteiger partial charge in [-0.1, -0.05) is 19.1 Å². The molecule has 4 atom stereocenters. The third-order valence-electron chi connectivity index (χ3n) is 5.17. The normalized spacial score (nSPS) is 36.1. The van der Waals surface area contributed by atoms with E-state index in [-0.39, 0.29) is 0 Å². The standard InChI is InChI=1S/C17H13FN4O2/c1-10-15(2)23-13(11-3-5-12(18)6-4-11)16(7-19,8-20)17(10,9-21)14(22)24-15/h3-6,10,13,22H,1-2H3/t10-,13-,15+,17-/m0/s1. The third kappa shape index (κ3) is 1.56. The molecule has 1 N–H and O–H groups in total. The number of hydrogen-bond donors (Lipinski definition) is 1. The lowest BCUT2D eigenvalue weighted by Crippen LogP contribution is -2.57. The molecule has 2 aliphatic heterocycles. The number of nitrogens with one attached hydrogen (secondary N) is 1. The zero-order chi connectivity index (χ0) is 17.8. The number of ether oxygens (including phenoxy) is 2. The van der Waals surface area contributed by atoms with Gasteiger partial charge in [-0.3, -0.25) is 5.41 Å². The highest BCUT2D eigenvalue weighted by atomic mass is 19.1. The SMILES string of the molecule is C[C@H]1[C@@]2(C)OC(=N)[C@@]1(C#N)C(C#N)(C#N)[C@H](c1ccc(F)cc1)O2. The molecule has 1 aromatic carbocycles. The molecule has 0 aromatic heterocycles. The van der Waals surface area contributed by atoms with Crippen molar-refractivity contribution in [3.05, 3.63) is 35.6 Å². The van der Waals surface area contributed by atoms with E-state index in [0.29, 0.717) is 5.56 Å². The minimum absolute atomic E-state index is 0.371. The second-order valence-corrected chi connectivity index (χ2v) is 6.17. The zero-order valence-electron chi connectivity index (χ0n) is 13.0. The molecule has 6 nitrogen and oxygen atoms in total. The van der Waals surface area contributed by atoms with Crippen LogP contribution in [0.25, 0.3) is 0 Å². The van der Waals surface area contributed by atoms with Crippen molar-refractivity contribution in [1.82, 2.24) is 0 Å². The molecule has 0 aliphatic carbocycles. The van der Waals surface area contributed by atoms with Crippen LogP contribution in [0.4, 0.5) is 4.39 Å². The van der Waals surface area contributed by atoms with E-state index in [2.05, 4.69) is 0 Å². The minimum atomic E-state index is -1.99. The summed E-state index contributed by atoms with van der Waals surface area (Å²) in [4.78, 5) is 0. The van der Waals surface area contributed by atoms with Gasteiger partial charge >= 0.3 is 0 Å². The van der Waals surface area contributed by atoms with E-state index in [0.717, 1.165) is 0 Å². The Morgan fingerprint density at radius 1 is 1.12 bits per heavy atom. The molecule has 7 heteroatoms. The second-order valence-electron chi connectivity index (χ2n) is 6.17. The molecule has 1 aromatic rings. The van der Waals surface area contributed by atoms with Crippen LogP contribution in [0.3, 0.4) is 0 Å². The highest BCUT2D eigenvalue weighted by molar-refractivity contribution is 5.89. The van der Waals surface area contributed by atoms with Crippen LogP contribution in [0.2, 0.25) is 0 Å². The number of hydrogen-bond acceptors (Lipinski definition) is 6. The second kappa shape index (κ2) is 4.77. The van der Waals surface area contributed by atoms with Crippen molar-refractivity contribution >= 4 is 5.90 Å². The highest BCUT2D eigenvalue weighted by Crippen LogP contribution is 2.66. The van der Waals surface area contributed by atoms with Crippen molar-refractivity contribution < 1.29 is 13.9 Å². The van der Waals surface area contributed by atoms with Gasteiger partial charge in [0.05, 0.1) is 24.1 Å². The Kier molecular flexibility index (Phi) is 3.17. The summed E-state index contributed by atoms with van der Waals surface area (Å²) in [5, 5.41) is 37.7. The van der Waals surface area contributed by atoms with Gasteiger partial charge in [0.2, 0.25) is 17.1 Å². The lowest BCUT2D eigenvalue weighted by atomic mass is 9.54. The first-order valence-electron chi connectivity index (χ1n) is 7.26. The van der Waals surface area contributed by atoms with Gasteiger partial charge in [-0.25, -0.2) is 4.39 Å². The fourth-order valence-corrected chi connectivity index (χ4v) is 3.65. The molecular formula is C17H13FN4O2. The maximum absolute atomic E-state index is 13.2. The van der Waals surface area contributed by atoms with Gasteiger partial charge in [-0.05, 0) is 17.7 Å². The van der Waals surface area contributed by atoms with Crippen molar-refractivity contribution in [2.24, 2.45) is 16.7 Å². The lowest BCUT2D eigenvalue weighted by molar-refractivity contribution is -0.268. The van der Waals surface area contributed by atoms with Crippen molar-refractivity contribution in [3.8, 4) is 18.2 Å². The number of rotatable bonds is 1. The van der Waals surface area contributed by atoms with E-state index < -0.39 is 40.4 Å². The van der Waals surface area contributed by atoms with Crippen LogP contribution in [-0.2, 0) is 9.47 Å². The Labute approximate surface area is 138 Å². The first-order valence-corrected chi connectivity index (χ1v) is 7.26. The van der Waals surface area contributed by atoms with Gasteiger partial charge in [-0.15, -0.1) is 0 Å². The number of benzene rings is 1. The molecule has 2 saturated heterocycles. The van der Waals surface area contributed by atoms with Crippen LogP contribution < -0.4 is 0 Å². The van der Waals surface area contributed by atoms with E-state index in [9.17, 15) is 20.2 Å². The number of nitriles is 3. The first kappa shape index (κ1) is 15.9. The van der Waals surface area contributed by atoms with Gasteiger partial charge < -0.3 is 9.47 Å². The van der Waals surface area contributed by atoms with Crippen molar-refractivity contribution in [2.75, 3.05) is 0 Å². The van der Waals surface area contributed by atoms with Crippen molar-refractivity contribution in [1.29, 1.82) is 21.2 Å². The molecule has 2 aliphatic rings. The molecule has 3 rings (SSSR count). The lowest BCUT2D eigenvalue weighted by Gasteiger charge is -2.47. The largest absolute Gasteiger partial charge is 0.448 e. The molecule has 0 radical (unpaired) electrons. The van der Waals surface area contributed by atoms with Crippen LogP contribution in [0.5, 0.6) is 0 Å². The van der Waals surface area contributed by atoms with Crippen LogP contribution >= 0.6 is 0 Å². The van der Waals surface area contributed by atoms with Crippen molar-refractivity contribution in [2.45, 2.75) is 25.7 Å². The van der Waals surface area contributed by atoms with E-state index in [1.165, 1.54) is 24.3 Å². The summed E-state index contributed by atoms with van der Waals surface area (Å²) >= 11 is 0. The maximum Gasteiger partial charge on any atom is 0.214 e. The molecule has 0 amide bonds. The summed E-state index contributed by atoms with van der Waals surface area (Å²) in [6, 6.07) is 11.0. The predicted molar refractivity (Wildman–Crippen MR) is 78.3 cm³/mol. The van der Waals surface area contributed by atoms with Gasteiger partial charge in [-0.2, -0.15) is 15.8 Å². The van der Waals surface area contributed by atoms with E-state index in [1.807, 2.05) is 18.2 Å². The van der Waals surface area contributed by atoms with Crippen molar-refractivity contribution in [3.63, 3.8) is 0 Å². The van der Waals surface area contributed by atoms with Crippen LogP contribution in [0.1, 0.15) is 25.5 Å². The fourth-order valence-electron chi connectivity index (χ4n) is 3.65. The Balaban J connectivity index is 2.31. The van der Waals surface area contributed by atoms with E-state index >= 15 is 0 Å². The molecule has 2 heterocycles. The van der Waals surface area contributed by atoms with Gasteiger partial charge in [0, 0.05) is 6.92 Å². The maximum atomic E-state index is 13.2. The van der Waals surface area contributed by atoms with Crippen LogP contribution in [0.15, 0.2) is 24.3 Å². The Morgan fingerprint density at radius 2 is 1.71 bits per heavy atom. The summed E-state index contributed by atoms with van der Waals surface area (Å²) in [6.45, 7) is 3.19. The van der Waals surface area contributed by atoms with Gasteiger partial charge in [0.1, 0.15) is 11.9 Å².